The number of nitrogens with zero attached hydrogens (tertiary/aromatic N) is 4. The van der Waals surface area contributed by atoms with Gasteiger partial charge < -0.3 is 9.32 Å². The van der Waals surface area contributed by atoms with Crippen LogP contribution < -0.4 is 0 Å². The first-order valence-electron chi connectivity index (χ1n) is 8.78. The zero-order valence-corrected chi connectivity index (χ0v) is 16.9. The van der Waals surface area contributed by atoms with Crippen LogP contribution in [0.15, 0.2) is 34.2 Å². The average Bonchev–Trinajstić information content (AvgIpc) is 3.27. The monoisotopic (exact) mass is 410 g/mol. The van der Waals surface area contributed by atoms with Crippen molar-refractivity contribution in [3.63, 3.8) is 0 Å². The fourth-order valence-corrected chi connectivity index (χ4v) is 5.42. The van der Waals surface area contributed by atoms with E-state index >= 15 is 0 Å². The molecule has 0 unspecified atom stereocenters. The van der Waals surface area contributed by atoms with E-state index < -0.39 is 9.84 Å². The lowest BCUT2D eigenvalue weighted by Gasteiger charge is -2.33. The second-order valence-corrected chi connectivity index (χ2v) is 9.67. The molecule has 146 valence electrons. The number of hydrogen-bond acceptors (Lipinski definition) is 8. The summed E-state index contributed by atoms with van der Waals surface area (Å²) in [5, 5.41) is 8.23. The molecule has 0 N–H and O–H groups in total. The molecule has 8 nitrogen and oxygen atoms in total. The van der Waals surface area contributed by atoms with E-state index in [1.165, 1.54) is 0 Å². The molecule has 0 radical (unpaired) electrons. The molecule has 0 spiro atoms. The summed E-state index contributed by atoms with van der Waals surface area (Å²) < 4.78 is 29.2. The highest BCUT2D eigenvalue weighted by atomic mass is 32.2. The Hall–Kier alpha value is -1.94. The Morgan fingerprint density at radius 3 is 2.89 bits per heavy atom. The zero-order valence-electron chi connectivity index (χ0n) is 15.2. The SMILES string of the molecule is CC[C@H](C)N(C(=O)CSc1nnc(-c2cccnc2)o1)[C@H]1CCS(=O)(=O)C1. The maximum atomic E-state index is 12.8. The summed E-state index contributed by atoms with van der Waals surface area (Å²) in [6.45, 7) is 3.93. The maximum absolute atomic E-state index is 12.8. The van der Waals surface area contributed by atoms with Crippen LogP contribution in [0.4, 0.5) is 0 Å². The number of carbonyl (C=O) groups excluding carboxylic acids is 1. The molecule has 10 heteroatoms. The van der Waals surface area contributed by atoms with Gasteiger partial charge in [-0.3, -0.25) is 9.78 Å². The number of pyridine rings is 1. The van der Waals surface area contributed by atoms with Crippen LogP contribution in [0.2, 0.25) is 0 Å². The van der Waals surface area contributed by atoms with Gasteiger partial charge >= 0.3 is 0 Å². The van der Waals surface area contributed by atoms with Crippen LogP contribution in [0.1, 0.15) is 26.7 Å². The van der Waals surface area contributed by atoms with Gasteiger partial charge in [-0.05, 0) is 31.9 Å². The van der Waals surface area contributed by atoms with Crippen molar-refractivity contribution in [1.29, 1.82) is 0 Å². The van der Waals surface area contributed by atoms with Crippen molar-refractivity contribution in [2.75, 3.05) is 17.3 Å². The van der Waals surface area contributed by atoms with E-state index in [1.54, 1.807) is 23.4 Å². The van der Waals surface area contributed by atoms with E-state index in [-0.39, 0.29) is 35.2 Å². The maximum Gasteiger partial charge on any atom is 0.277 e. The number of aromatic nitrogens is 3. The molecule has 27 heavy (non-hydrogen) atoms. The molecule has 1 fully saturated rings. The predicted octanol–water partition coefficient (Wildman–Crippen LogP) is 2.04. The van der Waals surface area contributed by atoms with Gasteiger partial charge in [-0.1, -0.05) is 18.7 Å². The first-order valence-corrected chi connectivity index (χ1v) is 11.6. The lowest BCUT2D eigenvalue weighted by molar-refractivity contribution is -0.132. The lowest BCUT2D eigenvalue weighted by Crippen LogP contribution is -2.47. The first kappa shape index (κ1) is 19.8. The summed E-state index contributed by atoms with van der Waals surface area (Å²) in [5.41, 5.74) is 0.709. The van der Waals surface area contributed by atoms with Gasteiger partial charge in [0.05, 0.1) is 22.8 Å². The summed E-state index contributed by atoms with van der Waals surface area (Å²) in [6, 6.07) is 3.30. The molecule has 0 saturated carbocycles. The number of sulfone groups is 1. The van der Waals surface area contributed by atoms with Gasteiger partial charge in [-0.25, -0.2) is 8.42 Å². The summed E-state index contributed by atoms with van der Waals surface area (Å²) in [7, 11) is -3.06. The Balaban J connectivity index is 1.65. The third-order valence-electron chi connectivity index (χ3n) is 4.59. The van der Waals surface area contributed by atoms with Crippen molar-refractivity contribution in [2.45, 2.75) is 44.0 Å². The van der Waals surface area contributed by atoms with Gasteiger partial charge in [0.25, 0.3) is 5.22 Å². The van der Waals surface area contributed by atoms with Gasteiger partial charge in [0.15, 0.2) is 9.84 Å². The minimum absolute atomic E-state index is 0.0231. The minimum Gasteiger partial charge on any atom is -0.411 e. The Bertz CT molecular complexity index is 885. The van der Waals surface area contributed by atoms with Crippen LogP contribution >= 0.6 is 11.8 Å². The number of amides is 1. The van der Waals surface area contributed by atoms with E-state index in [1.807, 2.05) is 19.9 Å². The zero-order chi connectivity index (χ0) is 19.4. The second-order valence-electron chi connectivity index (χ2n) is 6.52. The van der Waals surface area contributed by atoms with Crippen molar-refractivity contribution >= 4 is 27.5 Å². The van der Waals surface area contributed by atoms with Gasteiger partial charge in [0, 0.05) is 24.5 Å². The Morgan fingerprint density at radius 1 is 1.44 bits per heavy atom. The normalized spacial score (nSPS) is 19.7. The minimum atomic E-state index is -3.06. The van der Waals surface area contributed by atoms with Crippen molar-refractivity contribution in [3.8, 4) is 11.5 Å². The molecule has 1 saturated heterocycles. The van der Waals surface area contributed by atoms with Crippen LogP contribution in [0.25, 0.3) is 11.5 Å². The Morgan fingerprint density at radius 2 is 2.26 bits per heavy atom. The average molecular weight is 411 g/mol. The van der Waals surface area contributed by atoms with E-state index in [9.17, 15) is 13.2 Å². The van der Waals surface area contributed by atoms with Crippen LogP contribution in [0.3, 0.4) is 0 Å². The number of rotatable bonds is 7. The van der Waals surface area contributed by atoms with Gasteiger partial charge in [-0.2, -0.15) is 0 Å². The van der Waals surface area contributed by atoms with E-state index in [0.29, 0.717) is 23.1 Å². The molecule has 2 aromatic rings. The number of thioether (sulfide) groups is 1. The first-order chi connectivity index (χ1) is 12.9. The van der Waals surface area contributed by atoms with Gasteiger partial charge in [0.1, 0.15) is 0 Å². The molecule has 0 aliphatic carbocycles. The molecule has 0 bridgehead atoms. The van der Waals surface area contributed by atoms with Crippen molar-refractivity contribution < 1.29 is 17.6 Å². The van der Waals surface area contributed by atoms with Gasteiger partial charge in [0.2, 0.25) is 11.8 Å². The Kier molecular flexibility index (Phi) is 6.15. The number of hydrogen-bond donors (Lipinski definition) is 0. The molecule has 3 heterocycles. The molecule has 2 atom stereocenters. The van der Waals surface area contributed by atoms with Crippen molar-refractivity contribution in [2.24, 2.45) is 0 Å². The molecule has 1 aliphatic heterocycles. The fraction of sp³-hybridized carbons (Fsp3) is 0.529. The van der Waals surface area contributed by atoms with E-state index in [4.69, 9.17) is 4.42 Å². The molecular formula is C17H22N4O4S2. The predicted molar refractivity (Wildman–Crippen MR) is 102 cm³/mol. The summed E-state index contributed by atoms with van der Waals surface area (Å²) in [4.78, 5) is 18.5. The summed E-state index contributed by atoms with van der Waals surface area (Å²) in [6.07, 6.45) is 4.53. The molecule has 1 amide bonds. The largest absolute Gasteiger partial charge is 0.411 e. The third-order valence-corrected chi connectivity index (χ3v) is 7.14. The molecule has 3 rings (SSSR count). The Labute approximate surface area is 162 Å². The van der Waals surface area contributed by atoms with Crippen LogP contribution in [0.5, 0.6) is 0 Å². The van der Waals surface area contributed by atoms with Crippen LogP contribution in [-0.2, 0) is 14.6 Å². The fourth-order valence-electron chi connectivity index (χ4n) is 3.07. The third kappa shape index (κ3) is 4.86. The molecule has 1 aliphatic rings. The second kappa shape index (κ2) is 8.39. The topological polar surface area (TPSA) is 106 Å². The van der Waals surface area contributed by atoms with E-state index in [2.05, 4.69) is 15.2 Å². The molecular weight excluding hydrogens is 388 g/mol. The standard InChI is InChI=1S/C17H22N4O4S2/c1-3-12(2)21(14-6-8-27(23,24)11-14)15(22)10-26-17-20-19-16(25-17)13-5-4-7-18-9-13/h4-5,7,9,12,14H,3,6,8,10-11H2,1-2H3/t12-,14-/m0/s1. The van der Waals surface area contributed by atoms with E-state index in [0.717, 1.165) is 18.2 Å². The summed E-state index contributed by atoms with van der Waals surface area (Å²) in [5.74, 6) is 0.536. The van der Waals surface area contributed by atoms with Gasteiger partial charge in [-0.15, -0.1) is 10.2 Å². The lowest BCUT2D eigenvalue weighted by atomic mass is 10.1. The smallest absolute Gasteiger partial charge is 0.277 e. The molecule has 0 aromatic carbocycles. The summed E-state index contributed by atoms with van der Waals surface area (Å²) >= 11 is 1.16. The highest BCUT2D eigenvalue weighted by Crippen LogP contribution is 2.25. The molecule has 2 aromatic heterocycles. The number of carbonyl (C=O) groups is 1. The van der Waals surface area contributed by atoms with Crippen LogP contribution in [-0.4, -0.2) is 63.7 Å². The van der Waals surface area contributed by atoms with Crippen molar-refractivity contribution in [1.82, 2.24) is 20.1 Å². The highest BCUT2D eigenvalue weighted by molar-refractivity contribution is 7.99. The highest BCUT2D eigenvalue weighted by Gasteiger charge is 2.36. The van der Waals surface area contributed by atoms with Crippen LogP contribution in [0, 0.1) is 0 Å². The quantitative estimate of drug-likeness (QED) is 0.638. The van der Waals surface area contributed by atoms with Crippen molar-refractivity contribution in [3.05, 3.63) is 24.5 Å².